The molecule has 52 heavy (non-hydrogen) atoms. The molecule has 0 aliphatic carbocycles. The van der Waals surface area contributed by atoms with Crippen LogP contribution in [0.25, 0.3) is 22.3 Å². The van der Waals surface area contributed by atoms with Crippen LogP contribution in [0.4, 0.5) is 17.1 Å². The van der Waals surface area contributed by atoms with Crippen LogP contribution in [0.5, 0.6) is 11.5 Å². The van der Waals surface area contributed by atoms with Gasteiger partial charge in [-0.2, -0.15) is 0 Å². The summed E-state index contributed by atoms with van der Waals surface area (Å²) in [4.78, 5) is 5.04. The van der Waals surface area contributed by atoms with Crippen molar-refractivity contribution in [2.75, 3.05) is 4.90 Å². The van der Waals surface area contributed by atoms with E-state index in [1.54, 1.807) is 0 Å². The monoisotopic (exact) mass is 699 g/mol. The molecule has 0 saturated carbocycles. The predicted octanol–water partition coefficient (Wildman–Crippen LogP) is 10.4. The molecule has 0 bridgehead atoms. The Hall–Kier alpha value is -6.07. The lowest BCUT2D eigenvalue weighted by Gasteiger charge is -2.44. The van der Waals surface area contributed by atoms with Gasteiger partial charge in [0.05, 0.1) is 5.69 Å². The molecule has 10 rings (SSSR count). The summed E-state index contributed by atoms with van der Waals surface area (Å²) < 4.78 is 6.66. The van der Waals surface area contributed by atoms with E-state index < -0.39 is 8.07 Å². The molecule has 0 atom stereocenters. The molecule has 8 aromatic rings. The number of rotatable bonds is 5. The zero-order chi connectivity index (χ0) is 34.5. The average Bonchev–Trinajstić information content (AvgIpc) is 3.22. The second-order valence-corrected chi connectivity index (χ2v) is 18.0. The van der Waals surface area contributed by atoms with Crippen LogP contribution < -0.4 is 30.4 Å². The van der Waals surface area contributed by atoms with E-state index in [0.717, 1.165) is 22.9 Å². The Balaban J connectivity index is 1.22. The summed E-state index contributed by atoms with van der Waals surface area (Å²) in [7, 11) is -2.81. The fraction of sp³-hybridized carbons (Fsp3) is 0. The number of nitrogens with zero attached hydrogens (tertiary/aromatic N) is 1. The summed E-state index contributed by atoms with van der Waals surface area (Å²) in [5, 5.41) is 5.40. The van der Waals surface area contributed by atoms with Crippen molar-refractivity contribution in [2.24, 2.45) is 0 Å². The number of fused-ring (bicyclic) bond motifs is 8. The Labute approximate surface area is 309 Å². The number of ether oxygens (including phenoxy) is 1. The molecule has 0 amide bonds. The van der Waals surface area contributed by atoms with E-state index in [2.05, 4.69) is 205 Å². The van der Waals surface area contributed by atoms with Crippen LogP contribution in [0.1, 0.15) is 0 Å². The fourth-order valence-corrected chi connectivity index (χ4v) is 15.4. The molecule has 0 radical (unpaired) electrons. The van der Waals surface area contributed by atoms with Gasteiger partial charge in [0.25, 0.3) is 0 Å². The van der Waals surface area contributed by atoms with Crippen molar-refractivity contribution in [3.63, 3.8) is 0 Å². The first-order chi connectivity index (χ1) is 25.8. The molecule has 0 fully saturated rings. The Kier molecular flexibility index (Phi) is 7.45. The molecule has 0 N–H and O–H groups in total. The van der Waals surface area contributed by atoms with E-state index in [1.807, 2.05) is 11.8 Å². The van der Waals surface area contributed by atoms with E-state index in [-0.39, 0.29) is 0 Å². The van der Waals surface area contributed by atoms with Gasteiger partial charge >= 0.3 is 0 Å². The number of benzene rings is 8. The van der Waals surface area contributed by atoms with Gasteiger partial charge in [-0.3, -0.25) is 0 Å². The van der Waals surface area contributed by atoms with Crippen molar-refractivity contribution >= 4 is 57.6 Å². The molecule has 2 nitrogen and oxygen atoms in total. The molecule has 1 spiro atoms. The third kappa shape index (κ3) is 4.87. The molecule has 0 unspecified atom stereocenters. The predicted molar refractivity (Wildman–Crippen MR) is 220 cm³/mol. The van der Waals surface area contributed by atoms with Crippen LogP contribution >= 0.6 is 11.8 Å². The smallest absolute Gasteiger partial charge is 0.190 e. The third-order valence-electron chi connectivity index (χ3n) is 10.4. The highest BCUT2D eigenvalue weighted by Crippen LogP contribution is 2.46. The van der Waals surface area contributed by atoms with Gasteiger partial charge in [0.1, 0.15) is 11.5 Å². The molecule has 4 heteroatoms. The minimum absolute atomic E-state index is 0.954. The van der Waals surface area contributed by atoms with Crippen LogP contribution in [0.15, 0.2) is 210 Å². The van der Waals surface area contributed by atoms with Gasteiger partial charge in [-0.1, -0.05) is 163 Å². The molecule has 2 aliphatic heterocycles. The van der Waals surface area contributed by atoms with Crippen molar-refractivity contribution in [3.8, 4) is 33.8 Å². The average molecular weight is 700 g/mol. The van der Waals surface area contributed by atoms with Gasteiger partial charge in [0.15, 0.2) is 8.07 Å². The second-order valence-electron chi connectivity index (χ2n) is 13.3. The van der Waals surface area contributed by atoms with Gasteiger partial charge in [-0.15, -0.1) is 0 Å². The van der Waals surface area contributed by atoms with Crippen molar-refractivity contribution in [1.82, 2.24) is 0 Å². The Bertz CT molecular complexity index is 2420. The minimum atomic E-state index is -2.81. The van der Waals surface area contributed by atoms with Gasteiger partial charge in [0, 0.05) is 21.2 Å². The first kappa shape index (κ1) is 30.7. The first-order valence-corrected chi connectivity index (χ1v) is 20.5. The van der Waals surface area contributed by atoms with Crippen LogP contribution in [-0.4, -0.2) is 8.07 Å². The first-order valence-electron chi connectivity index (χ1n) is 17.7. The van der Waals surface area contributed by atoms with Gasteiger partial charge in [-0.05, 0) is 91.5 Å². The fourth-order valence-electron chi connectivity index (χ4n) is 8.09. The topological polar surface area (TPSA) is 12.5 Å². The van der Waals surface area contributed by atoms with E-state index in [1.165, 1.54) is 58.5 Å². The van der Waals surface area contributed by atoms with E-state index in [9.17, 15) is 0 Å². The van der Waals surface area contributed by atoms with Crippen molar-refractivity contribution in [1.29, 1.82) is 0 Å². The zero-order valence-electron chi connectivity index (χ0n) is 28.3. The molecule has 0 saturated heterocycles. The third-order valence-corrected chi connectivity index (χ3v) is 16.9. The largest absolute Gasteiger partial charge is 0.458 e. The normalized spacial score (nSPS) is 13.2. The van der Waals surface area contributed by atoms with E-state index in [0.29, 0.717) is 0 Å². The zero-order valence-corrected chi connectivity index (χ0v) is 30.1. The molecule has 2 heterocycles. The summed E-state index contributed by atoms with van der Waals surface area (Å²) in [6, 6.07) is 72.7. The summed E-state index contributed by atoms with van der Waals surface area (Å²) in [5.74, 6) is 1.91. The Morgan fingerprint density at radius 1 is 0.365 bits per heavy atom. The lowest BCUT2D eigenvalue weighted by molar-refractivity contribution is 0.487. The molecule has 2 aliphatic rings. The van der Waals surface area contributed by atoms with Crippen LogP contribution in [0.2, 0.25) is 0 Å². The Morgan fingerprint density at radius 3 is 1.37 bits per heavy atom. The summed E-state index contributed by atoms with van der Waals surface area (Å²) in [6.45, 7) is 0. The van der Waals surface area contributed by atoms with Crippen LogP contribution in [0, 0.1) is 0 Å². The van der Waals surface area contributed by atoms with Gasteiger partial charge in [0.2, 0.25) is 0 Å². The highest BCUT2D eigenvalue weighted by molar-refractivity contribution is 8.00. The maximum absolute atomic E-state index is 6.66. The minimum Gasteiger partial charge on any atom is -0.458 e. The van der Waals surface area contributed by atoms with Crippen LogP contribution in [0.3, 0.4) is 0 Å². The highest BCUT2D eigenvalue weighted by Gasteiger charge is 2.52. The molecule has 246 valence electrons. The van der Waals surface area contributed by atoms with E-state index >= 15 is 0 Å². The van der Waals surface area contributed by atoms with Crippen molar-refractivity contribution < 1.29 is 4.74 Å². The molecule has 8 aromatic carbocycles. The quantitative estimate of drug-likeness (QED) is 0.166. The number of hydrogen-bond donors (Lipinski definition) is 0. The van der Waals surface area contributed by atoms with Gasteiger partial charge in [-0.25, -0.2) is 0 Å². The maximum atomic E-state index is 6.66. The van der Waals surface area contributed by atoms with Crippen molar-refractivity contribution in [2.45, 2.75) is 9.79 Å². The Morgan fingerprint density at radius 2 is 0.808 bits per heavy atom. The summed E-state index contributed by atoms with van der Waals surface area (Å²) >= 11 is 1.90. The lowest BCUT2D eigenvalue weighted by Crippen LogP contribution is -2.77. The standard InChI is InChI=1S/C48H33NOSSi/c1-3-14-34(15-4-1)36-26-30-38(31-27-36)49(39-32-28-37(29-33-39)35-16-5-2-6-17-35)40-18-13-25-47-48(40)51-43-21-9-12-24-46(43)52(47)44-22-10-7-19-41(44)50-42-20-8-11-23-45(42)52/h1-33H. The molecular weight excluding hydrogens is 667 g/mol. The van der Waals surface area contributed by atoms with Gasteiger partial charge < -0.3 is 9.64 Å². The number of hydrogen-bond acceptors (Lipinski definition) is 3. The van der Waals surface area contributed by atoms with Crippen molar-refractivity contribution in [3.05, 3.63) is 200 Å². The van der Waals surface area contributed by atoms with Crippen LogP contribution in [-0.2, 0) is 0 Å². The number of anilines is 3. The summed E-state index contributed by atoms with van der Waals surface area (Å²) in [5.41, 5.74) is 8.22. The maximum Gasteiger partial charge on any atom is 0.190 e. The second kappa shape index (κ2) is 12.6. The number of para-hydroxylation sites is 2. The van der Waals surface area contributed by atoms with E-state index in [4.69, 9.17) is 4.74 Å². The summed E-state index contributed by atoms with van der Waals surface area (Å²) in [6.07, 6.45) is 0. The molecule has 0 aromatic heterocycles. The SMILES string of the molecule is c1ccc(-c2ccc(N(c3ccc(-c4ccccc4)cc3)c3cccc4c3Sc3ccccc3[Si]43c4ccccc4Oc4ccccc43)cc2)cc1. The molecular formula is C48H33NOSSi. The highest BCUT2D eigenvalue weighted by atomic mass is 32.2. The lowest BCUT2D eigenvalue weighted by atomic mass is 10.0.